The maximum absolute atomic E-state index is 12.6. The fraction of sp³-hybridized carbons (Fsp3) is 0.333. The highest BCUT2D eigenvalue weighted by Gasteiger charge is 2.20. The number of Topliss-reactive ketones (excluding diaryl/α,β-unsaturated/α-hetero) is 1. The van der Waals surface area contributed by atoms with Crippen LogP contribution in [0.1, 0.15) is 45.1 Å². The molecule has 0 fully saturated rings. The van der Waals surface area contributed by atoms with E-state index < -0.39 is 5.97 Å². The molecule has 2 aromatic heterocycles. The largest absolute Gasteiger partial charge is 0.454 e. The number of methoxy groups -OCH3 is 1. The van der Waals surface area contributed by atoms with Crippen LogP contribution < -0.4 is 0 Å². The van der Waals surface area contributed by atoms with Crippen molar-refractivity contribution in [3.8, 4) is 0 Å². The first-order valence-corrected chi connectivity index (χ1v) is 9.00. The van der Waals surface area contributed by atoms with E-state index in [0.717, 1.165) is 11.4 Å². The highest BCUT2D eigenvalue weighted by Crippen LogP contribution is 2.21. The SMILES string of the molecule is COC[C@H](C)n1c(C)cc(C(=O)COC(=O)c2ccc3nccnc3c2)c1C. The van der Waals surface area contributed by atoms with Gasteiger partial charge >= 0.3 is 5.97 Å². The minimum atomic E-state index is -0.567. The van der Waals surface area contributed by atoms with Gasteiger partial charge in [-0.15, -0.1) is 0 Å². The molecule has 0 saturated heterocycles. The summed E-state index contributed by atoms with van der Waals surface area (Å²) in [7, 11) is 1.65. The van der Waals surface area contributed by atoms with Gasteiger partial charge in [0.1, 0.15) is 0 Å². The van der Waals surface area contributed by atoms with E-state index in [9.17, 15) is 9.59 Å². The number of carbonyl (C=O) groups excluding carboxylic acids is 2. The number of ketones is 1. The number of carbonyl (C=O) groups is 2. The van der Waals surface area contributed by atoms with Crippen molar-refractivity contribution in [2.24, 2.45) is 0 Å². The summed E-state index contributed by atoms with van der Waals surface area (Å²) in [5, 5.41) is 0. The molecule has 0 N–H and O–H groups in total. The monoisotopic (exact) mass is 381 g/mol. The van der Waals surface area contributed by atoms with Crippen molar-refractivity contribution >= 4 is 22.8 Å². The Morgan fingerprint density at radius 1 is 1.11 bits per heavy atom. The fourth-order valence-corrected chi connectivity index (χ4v) is 3.44. The van der Waals surface area contributed by atoms with Gasteiger partial charge in [-0.05, 0) is 45.0 Å². The molecule has 1 aromatic carbocycles. The summed E-state index contributed by atoms with van der Waals surface area (Å²) in [6.45, 7) is 6.08. The molecule has 0 aliphatic carbocycles. The number of ether oxygens (including phenoxy) is 2. The van der Waals surface area contributed by atoms with Gasteiger partial charge in [-0.2, -0.15) is 0 Å². The molecular weight excluding hydrogens is 358 g/mol. The summed E-state index contributed by atoms with van der Waals surface area (Å²) < 4.78 is 12.5. The van der Waals surface area contributed by atoms with Gasteiger partial charge < -0.3 is 14.0 Å². The molecule has 2 heterocycles. The van der Waals surface area contributed by atoms with Gasteiger partial charge in [-0.3, -0.25) is 14.8 Å². The number of nitrogens with zero attached hydrogens (tertiary/aromatic N) is 3. The van der Waals surface area contributed by atoms with E-state index >= 15 is 0 Å². The van der Waals surface area contributed by atoms with Crippen LogP contribution in [0.15, 0.2) is 36.7 Å². The summed E-state index contributed by atoms with van der Waals surface area (Å²) in [5.41, 5.74) is 3.97. The van der Waals surface area contributed by atoms with Crippen LogP contribution >= 0.6 is 0 Å². The molecule has 0 radical (unpaired) electrons. The van der Waals surface area contributed by atoms with E-state index in [0.29, 0.717) is 28.8 Å². The van der Waals surface area contributed by atoms with E-state index in [2.05, 4.69) is 14.5 Å². The molecule has 0 aliphatic rings. The van der Waals surface area contributed by atoms with E-state index in [1.807, 2.05) is 26.8 Å². The molecule has 0 bridgehead atoms. The van der Waals surface area contributed by atoms with Crippen molar-refractivity contribution in [1.29, 1.82) is 0 Å². The second-order valence-corrected chi connectivity index (χ2v) is 6.72. The second-order valence-electron chi connectivity index (χ2n) is 6.72. The van der Waals surface area contributed by atoms with Crippen LogP contribution in [0.3, 0.4) is 0 Å². The zero-order valence-electron chi connectivity index (χ0n) is 16.4. The summed E-state index contributed by atoms with van der Waals surface area (Å²) in [4.78, 5) is 33.3. The molecule has 1 atom stereocenters. The minimum absolute atomic E-state index is 0.104. The molecule has 0 amide bonds. The second kappa shape index (κ2) is 8.31. The number of benzene rings is 1. The van der Waals surface area contributed by atoms with Crippen LogP contribution in [0.4, 0.5) is 0 Å². The van der Waals surface area contributed by atoms with Gasteiger partial charge in [-0.25, -0.2) is 4.79 Å². The van der Waals surface area contributed by atoms with Crippen molar-refractivity contribution in [2.45, 2.75) is 26.8 Å². The van der Waals surface area contributed by atoms with Crippen LogP contribution in [0.25, 0.3) is 11.0 Å². The summed E-state index contributed by atoms with van der Waals surface area (Å²) in [6.07, 6.45) is 3.14. The average molecular weight is 381 g/mol. The predicted octanol–water partition coefficient (Wildman–Crippen LogP) is 3.30. The molecule has 0 unspecified atom stereocenters. The Labute approximate surface area is 163 Å². The molecule has 0 aliphatic heterocycles. The van der Waals surface area contributed by atoms with Gasteiger partial charge in [0.2, 0.25) is 5.78 Å². The first-order valence-electron chi connectivity index (χ1n) is 9.00. The van der Waals surface area contributed by atoms with Crippen molar-refractivity contribution < 1.29 is 19.1 Å². The lowest BCUT2D eigenvalue weighted by atomic mass is 10.1. The van der Waals surface area contributed by atoms with Gasteiger partial charge in [0.25, 0.3) is 0 Å². The lowest BCUT2D eigenvalue weighted by Crippen LogP contribution is -2.17. The number of fused-ring (bicyclic) bond motifs is 1. The molecule has 146 valence electrons. The summed E-state index contributed by atoms with van der Waals surface area (Å²) >= 11 is 0. The third-order valence-electron chi connectivity index (χ3n) is 4.67. The molecule has 28 heavy (non-hydrogen) atoms. The maximum Gasteiger partial charge on any atom is 0.338 e. The third kappa shape index (κ3) is 3.94. The van der Waals surface area contributed by atoms with E-state index in [1.165, 1.54) is 0 Å². The Morgan fingerprint density at radius 2 is 1.82 bits per heavy atom. The number of aromatic nitrogens is 3. The van der Waals surface area contributed by atoms with Crippen LogP contribution in [0.5, 0.6) is 0 Å². The Balaban J connectivity index is 1.71. The van der Waals surface area contributed by atoms with Gasteiger partial charge in [-0.1, -0.05) is 0 Å². The van der Waals surface area contributed by atoms with Crippen LogP contribution in [-0.2, 0) is 9.47 Å². The van der Waals surface area contributed by atoms with E-state index in [1.54, 1.807) is 37.7 Å². The Bertz CT molecular complexity index is 1030. The number of hydrogen-bond acceptors (Lipinski definition) is 6. The van der Waals surface area contributed by atoms with Crippen LogP contribution in [0.2, 0.25) is 0 Å². The molecule has 7 heteroatoms. The van der Waals surface area contributed by atoms with Gasteiger partial charge in [0.15, 0.2) is 6.61 Å². The smallest absolute Gasteiger partial charge is 0.338 e. The first kappa shape index (κ1) is 19.7. The summed E-state index contributed by atoms with van der Waals surface area (Å²) in [6, 6.07) is 6.84. The zero-order chi connectivity index (χ0) is 20.3. The van der Waals surface area contributed by atoms with Crippen LogP contribution in [0, 0.1) is 13.8 Å². The fourth-order valence-electron chi connectivity index (χ4n) is 3.44. The Kier molecular flexibility index (Phi) is 5.84. The Morgan fingerprint density at radius 3 is 2.54 bits per heavy atom. The maximum atomic E-state index is 12.6. The molecule has 7 nitrogen and oxygen atoms in total. The number of rotatable bonds is 7. The Hall–Kier alpha value is -3.06. The van der Waals surface area contributed by atoms with Gasteiger partial charge in [0, 0.05) is 36.5 Å². The summed E-state index contributed by atoms with van der Waals surface area (Å²) in [5.74, 6) is -0.805. The molecular formula is C21H23N3O4. The lowest BCUT2D eigenvalue weighted by Gasteiger charge is -2.17. The molecule has 0 spiro atoms. The zero-order valence-corrected chi connectivity index (χ0v) is 16.4. The third-order valence-corrected chi connectivity index (χ3v) is 4.67. The van der Waals surface area contributed by atoms with E-state index in [-0.39, 0.29) is 18.4 Å². The van der Waals surface area contributed by atoms with Gasteiger partial charge in [0.05, 0.1) is 29.2 Å². The highest BCUT2D eigenvalue weighted by molar-refractivity contribution is 6.01. The van der Waals surface area contributed by atoms with E-state index in [4.69, 9.17) is 9.47 Å². The first-order chi connectivity index (χ1) is 13.4. The number of aryl methyl sites for hydroxylation is 1. The topological polar surface area (TPSA) is 83.3 Å². The minimum Gasteiger partial charge on any atom is -0.454 e. The van der Waals surface area contributed by atoms with Crippen molar-refractivity contribution in [3.05, 3.63) is 59.2 Å². The standard InChI is InChI=1S/C21H23N3O4/c1-13-9-17(15(3)24(13)14(2)11-27-4)20(25)12-28-21(26)16-5-6-18-19(10-16)23-8-7-22-18/h5-10,14H,11-12H2,1-4H3/t14-/m0/s1. The number of hydrogen-bond donors (Lipinski definition) is 0. The molecule has 3 rings (SSSR count). The normalized spacial score (nSPS) is 12.1. The lowest BCUT2D eigenvalue weighted by molar-refractivity contribution is 0.0474. The van der Waals surface area contributed by atoms with Crippen LogP contribution in [-0.4, -0.2) is 46.6 Å². The average Bonchev–Trinajstić information content (AvgIpc) is 2.99. The predicted molar refractivity (Wildman–Crippen MR) is 105 cm³/mol. The quantitative estimate of drug-likeness (QED) is 0.461. The van der Waals surface area contributed by atoms with Crippen molar-refractivity contribution in [1.82, 2.24) is 14.5 Å². The molecule has 3 aromatic rings. The van der Waals surface area contributed by atoms with Crippen molar-refractivity contribution in [2.75, 3.05) is 20.3 Å². The van der Waals surface area contributed by atoms with Crippen molar-refractivity contribution in [3.63, 3.8) is 0 Å². The number of esters is 1. The molecule has 0 saturated carbocycles. The highest BCUT2D eigenvalue weighted by atomic mass is 16.5.